The molecule has 1 spiro atoms. The Balaban J connectivity index is 1.17. The minimum Gasteiger partial charge on any atom is -0.335 e. The Morgan fingerprint density at radius 3 is 2.24 bits per heavy atom. The van der Waals surface area contributed by atoms with Crippen LogP contribution in [-0.4, -0.2) is 26.5 Å². The first-order valence-electron chi connectivity index (χ1n) is 9.70. The summed E-state index contributed by atoms with van der Waals surface area (Å²) in [6.07, 6.45) is 3.43. The zero-order chi connectivity index (χ0) is 20.5. The maximum atomic E-state index is 12.4. The van der Waals surface area contributed by atoms with Gasteiger partial charge in [-0.05, 0) is 60.9 Å². The number of nitrogens with one attached hydrogen (secondary N) is 3. The van der Waals surface area contributed by atoms with Crippen molar-refractivity contribution in [3.63, 3.8) is 0 Å². The van der Waals surface area contributed by atoms with Crippen molar-refractivity contribution in [2.24, 2.45) is 5.41 Å². The van der Waals surface area contributed by atoms with E-state index in [-0.39, 0.29) is 23.5 Å². The summed E-state index contributed by atoms with van der Waals surface area (Å²) in [5.74, 6) is 0. The van der Waals surface area contributed by atoms with Gasteiger partial charge in [-0.25, -0.2) is 17.9 Å². The van der Waals surface area contributed by atoms with Crippen molar-refractivity contribution in [2.75, 3.05) is 0 Å². The summed E-state index contributed by atoms with van der Waals surface area (Å²) in [6.45, 7) is 0.449. The molecule has 29 heavy (non-hydrogen) atoms. The average Bonchev–Trinajstić information content (AvgIpc) is 2.65. The Bertz CT molecular complexity index is 966. The van der Waals surface area contributed by atoms with E-state index in [1.165, 1.54) is 0 Å². The number of amides is 2. The molecule has 0 radical (unpaired) electrons. The van der Waals surface area contributed by atoms with Crippen LogP contribution in [0.1, 0.15) is 31.2 Å². The minimum atomic E-state index is -3.46. The number of carbonyl (C=O) groups excluding carboxylic acids is 1. The molecule has 2 saturated carbocycles. The quantitative estimate of drug-likeness (QED) is 0.652. The SMILES string of the molecule is O=C(NCc1ccc(Cl)cc1)NC1CC2(C1)CC(NS(=O)(=O)c1ccccc1)C2. The molecule has 2 fully saturated rings. The standard InChI is InChI=1S/C21H24ClN3O3S/c22-16-8-6-15(7-9-16)14-23-20(26)24-17-10-21(11-17)12-18(13-21)25-29(27,28)19-4-2-1-3-5-19/h1-9,17-18,25H,10-14H2,(H2,23,24,26). The van der Waals surface area contributed by atoms with Crippen LogP contribution in [0.4, 0.5) is 4.79 Å². The molecule has 2 aromatic carbocycles. The molecule has 0 bridgehead atoms. The van der Waals surface area contributed by atoms with Crippen molar-refractivity contribution in [1.29, 1.82) is 0 Å². The summed E-state index contributed by atoms with van der Waals surface area (Å²) < 4.78 is 27.6. The third kappa shape index (κ3) is 4.74. The van der Waals surface area contributed by atoms with Gasteiger partial charge in [0.25, 0.3) is 0 Å². The summed E-state index contributed by atoms with van der Waals surface area (Å²) in [7, 11) is -3.46. The first kappa shape index (κ1) is 20.2. The molecule has 0 unspecified atom stereocenters. The van der Waals surface area contributed by atoms with Gasteiger partial charge in [-0.3, -0.25) is 0 Å². The monoisotopic (exact) mass is 433 g/mol. The Kier molecular flexibility index (Phi) is 5.55. The molecule has 0 heterocycles. The molecule has 4 rings (SSSR count). The Hall–Kier alpha value is -2.09. The number of benzene rings is 2. The molecule has 2 aliphatic rings. The topological polar surface area (TPSA) is 87.3 Å². The highest BCUT2D eigenvalue weighted by atomic mass is 35.5. The minimum absolute atomic E-state index is 0.0279. The second-order valence-corrected chi connectivity index (χ2v) is 10.2. The maximum absolute atomic E-state index is 12.4. The summed E-state index contributed by atoms with van der Waals surface area (Å²) >= 11 is 5.85. The van der Waals surface area contributed by atoms with Crippen LogP contribution in [0.15, 0.2) is 59.5 Å². The fraction of sp³-hybridized carbons (Fsp3) is 0.381. The zero-order valence-corrected chi connectivity index (χ0v) is 17.5. The lowest BCUT2D eigenvalue weighted by atomic mass is 9.52. The second-order valence-electron chi connectivity index (χ2n) is 8.10. The second kappa shape index (κ2) is 7.97. The number of sulfonamides is 1. The van der Waals surface area contributed by atoms with Gasteiger partial charge in [0.15, 0.2) is 0 Å². The molecule has 154 valence electrons. The van der Waals surface area contributed by atoms with Crippen molar-refractivity contribution in [1.82, 2.24) is 15.4 Å². The van der Waals surface area contributed by atoms with E-state index in [9.17, 15) is 13.2 Å². The van der Waals surface area contributed by atoms with Gasteiger partial charge in [-0.2, -0.15) is 0 Å². The molecular weight excluding hydrogens is 410 g/mol. The lowest BCUT2D eigenvalue weighted by Crippen LogP contribution is -2.61. The van der Waals surface area contributed by atoms with Crippen molar-refractivity contribution in [3.05, 3.63) is 65.2 Å². The Morgan fingerprint density at radius 1 is 0.966 bits per heavy atom. The molecular formula is C21H24ClN3O3S. The van der Waals surface area contributed by atoms with Crippen molar-refractivity contribution in [2.45, 2.75) is 49.2 Å². The highest BCUT2D eigenvalue weighted by Crippen LogP contribution is 2.56. The van der Waals surface area contributed by atoms with Crippen LogP contribution >= 0.6 is 11.6 Å². The number of hydrogen-bond acceptors (Lipinski definition) is 3. The molecule has 2 amide bonds. The molecule has 0 aliphatic heterocycles. The van der Waals surface area contributed by atoms with Gasteiger partial charge in [0.1, 0.15) is 0 Å². The lowest BCUT2D eigenvalue weighted by molar-refractivity contribution is -0.0188. The van der Waals surface area contributed by atoms with Crippen LogP contribution < -0.4 is 15.4 Å². The third-order valence-electron chi connectivity index (χ3n) is 5.79. The van der Waals surface area contributed by atoms with Gasteiger partial charge in [0, 0.05) is 23.7 Å². The van der Waals surface area contributed by atoms with E-state index >= 15 is 0 Å². The van der Waals surface area contributed by atoms with Gasteiger partial charge in [-0.15, -0.1) is 0 Å². The lowest BCUT2D eigenvalue weighted by Gasteiger charge is -2.57. The number of carbonyl (C=O) groups is 1. The summed E-state index contributed by atoms with van der Waals surface area (Å²) in [4.78, 5) is 12.4. The van der Waals surface area contributed by atoms with Crippen LogP contribution in [0.5, 0.6) is 0 Å². The summed E-state index contributed by atoms with van der Waals surface area (Å²) in [5.41, 5.74) is 1.15. The van der Waals surface area contributed by atoms with Gasteiger partial charge < -0.3 is 10.6 Å². The normalized spacial score (nSPS) is 25.7. The van der Waals surface area contributed by atoms with Crippen LogP contribution in [0, 0.1) is 5.41 Å². The maximum Gasteiger partial charge on any atom is 0.315 e. The summed E-state index contributed by atoms with van der Waals surface area (Å²) in [6, 6.07) is 15.7. The Labute approximate surface area is 176 Å². The predicted molar refractivity (Wildman–Crippen MR) is 112 cm³/mol. The predicted octanol–water partition coefficient (Wildman–Crippen LogP) is 3.43. The first-order valence-corrected chi connectivity index (χ1v) is 11.6. The molecule has 2 aromatic rings. The van der Waals surface area contributed by atoms with Crippen molar-refractivity contribution >= 4 is 27.7 Å². The fourth-order valence-corrected chi connectivity index (χ4v) is 5.78. The Morgan fingerprint density at radius 2 is 1.59 bits per heavy atom. The van der Waals surface area contributed by atoms with Crippen LogP contribution in [0.3, 0.4) is 0 Å². The van der Waals surface area contributed by atoms with E-state index in [4.69, 9.17) is 11.6 Å². The van der Waals surface area contributed by atoms with Gasteiger partial charge in [0.05, 0.1) is 4.90 Å². The molecule has 2 aliphatic carbocycles. The van der Waals surface area contributed by atoms with E-state index in [1.807, 2.05) is 12.1 Å². The van der Waals surface area contributed by atoms with Crippen molar-refractivity contribution in [3.8, 4) is 0 Å². The van der Waals surface area contributed by atoms with E-state index in [0.29, 0.717) is 16.5 Å². The molecule has 3 N–H and O–H groups in total. The zero-order valence-electron chi connectivity index (χ0n) is 15.9. The highest BCUT2D eigenvalue weighted by molar-refractivity contribution is 7.89. The number of urea groups is 1. The molecule has 6 nitrogen and oxygen atoms in total. The van der Waals surface area contributed by atoms with E-state index in [1.54, 1.807) is 42.5 Å². The largest absolute Gasteiger partial charge is 0.335 e. The average molecular weight is 434 g/mol. The van der Waals surface area contributed by atoms with E-state index in [0.717, 1.165) is 31.2 Å². The third-order valence-corrected chi connectivity index (χ3v) is 7.58. The molecule has 0 atom stereocenters. The van der Waals surface area contributed by atoms with Gasteiger partial charge in [-0.1, -0.05) is 41.9 Å². The van der Waals surface area contributed by atoms with Gasteiger partial charge in [0.2, 0.25) is 10.0 Å². The number of halogens is 1. The molecule has 0 aromatic heterocycles. The molecule has 8 heteroatoms. The van der Waals surface area contributed by atoms with Crippen LogP contribution in [-0.2, 0) is 16.6 Å². The molecule has 0 saturated heterocycles. The first-order chi connectivity index (χ1) is 13.8. The van der Waals surface area contributed by atoms with Crippen LogP contribution in [0.25, 0.3) is 0 Å². The highest BCUT2D eigenvalue weighted by Gasteiger charge is 2.53. The van der Waals surface area contributed by atoms with E-state index in [2.05, 4.69) is 15.4 Å². The van der Waals surface area contributed by atoms with Gasteiger partial charge >= 0.3 is 6.03 Å². The fourth-order valence-electron chi connectivity index (χ4n) is 4.40. The summed E-state index contributed by atoms with van der Waals surface area (Å²) in [5, 5.41) is 6.52. The van der Waals surface area contributed by atoms with Crippen LogP contribution in [0.2, 0.25) is 5.02 Å². The van der Waals surface area contributed by atoms with E-state index < -0.39 is 10.0 Å². The smallest absolute Gasteiger partial charge is 0.315 e. The number of rotatable bonds is 6. The number of hydrogen-bond donors (Lipinski definition) is 3. The van der Waals surface area contributed by atoms with Crippen molar-refractivity contribution < 1.29 is 13.2 Å².